The Morgan fingerprint density at radius 3 is 2.07 bits per heavy atom. The Kier molecular flexibility index (Phi) is 9.34. The first-order valence-corrected chi connectivity index (χ1v) is 13.2. The number of phenols is 1. The van der Waals surface area contributed by atoms with Crippen LogP contribution in [0, 0.1) is 0 Å². The molecule has 0 saturated carbocycles. The van der Waals surface area contributed by atoms with E-state index in [1.165, 1.54) is 30.3 Å². The van der Waals surface area contributed by atoms with Crippen molar-refractivity contribution in [1.82, 2.24) is 0 Å². The van der Waals surface area contributed by atoms with Crippen LogP contribution >= 0.6 is 0 Å². The molecular formula is C28H34O14. The van der Waals surface area contributed by atoms with E-state index in [1.54, 1.807) is 6.92 Å². The van der Waals surface area contributed by atoms with E-state index in [2.05, 4.69) is 0 Å². The van der Waals surface area contributed by atoms with Gasteiger partial charge >= 0.3 is 0 Å². The van der Waals surface area contributed by atoms with E-state index in [0.717, 1.165) is 6.08 Å². The van der Waals surface area contributed by atoms with Gasteiger partial charge in [0.25, 0.3) is 0 Å². The van der Waals surface area contributed by atoms with E-state index in [0.29, 0.717) is 11.6 Å². The second-order valence-corrected chi connectivity index (χ2v) is 10.5. The molecule has 11 atom stereocenters. The molecule has 1 aromatic carbocycles. The minimum Gasteiger partial charge on any atom is -0.508 e. The Morgan fingerprint density at radius 2 is 1.48 bits per heavy atom. The lowest BCUT2D eigenvalue weighted by Gasteiger charge is -2.47. The van der Waals surface area contributed by atoms with Gasteiger partial charge in [0, 0.05) is 5.57 Å². The minimum absolute atomic E-state index is 0.0515. The molecule has 0 amide bonds. The van der Waals surface area contributed by atoms with Crippen LogP contribution in [0.1, 0.15) is 18.9 Å². The number of ether oxygens (including phenoxy) is 2. The molecule has 14 heteroatoms. The van der Waals surface area contributed by atoms with Crippen molar-refractivity contribution < 1.29 is 70.1 Å². The van der Waals surface area contributed by atoms with Gasteiger partial charge in [0.1, 0.15) is 72.0 Å². The zero-order valence-corrected chi connectivity index (χ0v) is 22.3. The molecule has 1 aliphatic carbocycles. The van der Waals surface area contributed by atoms with Crippen molar-refractivity contribution in [2.45, 2.75) is 80.0 Å². The van der Waals surface area contributed by atoms with Gasteiger partial charge in [-0.05, 0) is 36.3 Å². The van der Waals surface area contributed by atoms with Gasteiger partial charge in [-0.1, -0.05) is 25.1 Å². The number of allylic oxidation sites excluding steroid dienone is 1. The van der Waals surface area contributed by atoms with Gasteiger partial charge in [0.2, 0.25) is 5.78 Å². The van der Waals surface area contributed by atoms with Crippen molar-refractivity contribution in [2.24, 2.45) is 0 Å². The van der Waals surface area contributed by atoms with Gasteiger partial charge in [0.15, 0.2) is 11.4 Å². The monoisotopic (exact) mass is 594 g/mol. The Labute approximate surface area is 239 Å². The Bertz CT molecular complexity index is 1270. The molecule has 2 heterocycles. The first kappa shape index (κ1) is 31.9. The first-order chi connectivity index (χ1) is 19.8. The number of aliphatic hydroxyl groups is 9. The average Bonchev–Trinajstić information content (AvgIpc) is 2.97. The normalized spacial score (nSPS) is 39.5. The van der Waals surface area contributed by atoms with Crippen LogP contribution in [-0.2, 0) is 19.1 Å². The molecule has 230 valence electrons. The zero-order valence-electron chi connectivity index (χ0n) is 22.3. The van der Waals surface area contributed by atoms with Crippen LogP contribution < -0.4 is 0 Å². The maximum absolute atomic E-state index is 13.8. The van der Waals surface area contributed by atoms with Crippen LogP contribution in [0.3, 0.4) is 0 Å². The molecule has 0 radical (unpaired) electrons. The average molecular weight is 595 g/mol. The molecular weight excluding hydrogens is 560 g/mol. The number of hydrogen-bond acceptors (Lipinski definition) is 14. The van der Waals surface area contributed by atoms with Crippen LogP contribution in [0.2, 0.25) is 0 Å². The molecule has 1 aromatic rings. The molecule has 0 spiro atoms. The number of carbonyl (C=O) groups excluding carboxylic acids is 2. The fourth-order valence-corrected chi connectivity index (χ4v) is 5.33. The lowest BCUT2D eigenvalue weighted by Crippen LogP contribution is -2.67. The van der Waals surface area contributed by atoms with Crippen LogP contribution in [-0.4, -0.2) is 136 Å². The summed E-state index contributed by atoms with van der Waals surface area (Å²) in [7, 11) is 0. The van der Waals surface area contributed by atoms with Gasteiger partial charge in [-0.15, -0.1) is 0 Å². The van der Waals surface area contributed by atoms with E-state index >= 15 is 0 Å². The molecule has 0 aromatic heterocycles. The lowest BCUT2D eigenvalue weighted by atomic mass is 9.73. The quantitative estimate of drug-likeness (QED) is 0.113. The van der Waals surface area contributed by atoms with Crippen molar-refractivity contribution in [3.05, 3.63) is 58.9 Å². The predicted molar refractivity (Wildman–Crippen MR) is 141 cm³/mol. The van der Waals surface area contributed by atoms with Crippen molar-refractivity contribution in [2.75, 3.05) is 6.61 Å². The lowest BCUT2D eigenvalue weighted by molar-refractivity contribution is -0.253. The highest BCUT2D eigenvalue weighted by molar-refractivity contribution is 6.29. The van der Waals surface area contributed by atoms with Gasteiger partial charge in [-0.2, -0.15) is 0 Å². The second-order valence-electron chi connectivity index (χ2n) is 10.5. The van der Waals surface area contributed by atoms with E-state index in [4.69, 9.17) is 9.47 Å². The largest absolute Gasteiger partial charge is 0.508 e. The van der Waals surface area contributed by atoms with E-state index in [-0.39, 0.29) is 12.2 Å². The topological polar surface area (TPSA) is 255 Å². The van der Waals surface area contributed by atoms with Crippen molar-refractivity contribution >= 4 is 17.6 Å². The minimum atomic E-state index is -3.01. The molecule has 11 unspecified atom stereocenters. The molecule has 3 aliphatic rings. The van der Waals surface area contributed by atoms with Crippen molar-refractivity contribution in [3.63, 3.8) is 0 Å². The number of hydrogen-bond donors (Lipinski definition) is 10. The smallest absolute Gasteiger partial charge is 0.208 e. The number of carbonyl (C=O) groups is 2. The molecule has 10 N–H and O–H groups in total. The summed E-state index contributed by atoms with van der Waals surface area (Å²) in [5, 5.41) is 105. The summed E-state index contributed by atoms with van der Waals surface area (Å²) in [6, 6.07) is 5.54. The summed E-state index contributed by atoms with van der Waals surface area (Å²) in [5.41, 5.74) is -4.27. The van der Waals surface area contributed by atoms with Crippen LogP contribution in [0.5, 0.6) is 5.75 Å². The van der Waals surface area contributed by atoms with Crippen LogP contribution in [0.15, 0.2) is 53.3 Å². The van der Waals surface area contributed by atoms with Crippen molar-refractivity contribution in [1.29, 1.82) is 0 Å². The summed E-state index contributed by atoms with van der Waals surface area (Å²) >= 11 is 0. The standard InChI is InChI=1S/C28H34O14/c1-2-15-19(33)22(36)24(38)27(42-15)28(40)9-13(25-23(37)21(35)20(34)16(10-29)41-25)18(32)17(26(28)39)14(31)8-5-11-3-6-12(30)7-4-11/h3-9,15-16,19-25,27,29-30,32-38,40H,2,10H2,1H3/b8-5+. The highest BCUT2D eigenvalue weighted by Gasteiger charge is 2.59. The van der Waals surface area contributed by atoms with Gasteiger partial charge in [-0.3, -0.25) is 9.59 Å². The molecule has 0 bridgehead atoms. The Balaban J connectivity index is 1.84. The van der Waals surface area contributed by atoms with Crippen LogP contribution in [0.4, 0.5) is 0 Å². The van der Waals surface area contributed by atoms with Gasteiger partial charge in [0.05, 0.1) is 12.7 Å². The van der Waals surface area contributed by atoms with E-state index < -0.39 is 102 Å². The number of aliphatic hydroxyl groups excluding tert-OH is 8. The summed E-state index contributed by atoms with van der Waals surface area (Å²) in [4.78, 5) is 27.1. The van der Waals surface area contributed by atoms with Crippen molar-refractivity contribution in [3.8, 4) is 5.75 Å². The fraction of sp³-hybridized carbons (Fsp3) is 0.500. The van der Waals surface area contributed by atoms with Gasteiger partial charge < -0.3 is 60.5 Å². The van der Waals surface area contributed by atoms with Gasteiger partial charge in [-0.25, -0.2) is 0 Å². The van der Waals surface area contributed by atoms with Crippen LogP contribution in [0.25, 0.3) is 6.08 Å². The molecule has 2 aliphatic heterocycles. The number of ketones is 2. The first-order valence-electron chi connectivity index (χ1n) is 13.2. The third-order valence-corrected chi connectivity index (χ3v) is 7.79. The number of benzene rings is 1. The third-order valence-electron chi connectivity index (χ3n) is 7.79. The molecule has 14 nitrogen and oxygen atoms in total. The summed E-state index contributed by atoms with van der Waals surface area (Å²) in [6.45, 7) is 0.711. The third kappa shape index (κ3) is 5.54. The number of phenolic OH excluding ortho intramolecular Hbond substituents is 1. The maximum Gasteiger partial charge on any atom is 0.208 e. The zero-order chi connectivity index (χ0) is 31.1. The number of Topliss-reactive ketones (excluding diaryl/α,β-unsaturated/α-hetero) is 1. The molecule has 2 fully saturated rings. The fourth-order valence-electron chi connectivity index (χ4n) is 5.33. The number of aromatic hydroxyl groups is 1. The summed E-state index contributed by atoms with van der Waals surface area (Å²) in [6.07, 6.45) is -15.0. The molecule has 2 saturated heterocycles. The number of rotatable bonds is 7. The predicted octanol–water partition coefficient (Wildman–Crippen LogP) is -2.87. The maximum atomic E-state index is 13.8. The summed E-state index contributed by atoms with van der Waals surface area (Å²) < 4.78 is 11.1. The van der Waals surface area contributed by atoms with E-state index in [1.807, 2.05) is 0 Å². The Morgan fingerprint density at radius 1 is 0.881 bits per heavy atom. The molecule has 4 rings (SSSR count). The SMILES string of the molecule is CCC1OC(C2(O)C=C(C3OC(CO)C(O)C(O)C3O)C(O)=C(C(=O)/C=C/c3ccc(O)cc3)C2=O)C(O)C(O)C1O. The highest BCUT2D eigenvalue weighted by Crippen LogP contribution is 2.40. The second kappa shape index (κ2) is 12.3. The summed E-state index contributed by atoms with van der Waals surface area (Å²) in [5.74, 6) is -3.75. The Hall–Kier alpha value is -3.02. The van der Waals surface area contributed by atoms with E-state index in [9.17, 15) is 60.7 Å². The molecule has 42 heavy (non-hydrogen) atoms. The highest BCUT2D eigenvalue weighted by atomic mass is 16.6.